The highest BCUT2D eigenvalue weighted by Gasteiger charge is 2.36. The average Bonchev–Trinajstić information content (AvgIpc) is 3.91. The zero-order valence-corrected chi connectivity index (χ0v) is 32.0. The van der Waals surface area contributed by atoms with Gasteiger partial charge in [0.05, 0.1) is 30.5 Å². The number of hydrogen-bond acceptors (Lipinski definition) is 8. The molecule has 2 saturated heterocycles. The number of methoxy groups -OCH3 is 1. The van der Waals surface area contributed by atoms with Crippen LogP contribution in [0.15, 0.2) is 107 Å². The Kier molecular flexibility index (Phi) is 14.9. The van der Waals surface area contributed by atoms with E-state index >= 15 is 0 Å². The predicted molar refractivity (Wildman–Crippen MR) is 212 cm³/mol. The molecule has 4 aromatic rings. The summed E-state index contributed by atoms with van der Waals surface area (Å²) in [6, 6.07) is 28.8. The lowest BCUT2D eigenvalue weighted by Crippen LogP contribution is -2.25. The van der Waals surface area contributed by atoms with Crippen molar-refractivity contribution in [1.29, 1.82) is 10.7 Å². The van der Waals surface area contributed by atoms with Crippen molar-refractivity contribution >= 4 is 76.1 Å². The third kappa shape index (κ3) is 11.7. The van der Waals surface area contributed by atoms with E-state index in [2.05, 4.69) is 21.0 Å². The Morgan fingerprint density at radius 1 is 0.821 bits per heavy atom. The van der Waals surface area contributed by atoms with Crippen LogP contribution in [0.4, 0.5) is 24.5 Å². The number of rotatable bonds is 7. The van der Waals surface area contributed by atoms with Crippen molar-refractivity contribution in [2.45, 2.75) is 25.6 Å². The summed E-state index contributed by atoms with van der Waals surface area (Å²) in [6.07, 6.45) is -3.62. The minimum Gasteiger partial charge on any atom is -0.497 e. The molecule has 11 nitrogen and oxygen atoms in total. The molecule has 2 atom stereocenters. The lowest BCUT2D eigenvalue weighted by Gasteiger charge is -2.16. The zero-order chi connectivity index (χ0) is 39.7. The summed E-state index contributed by atoms with van der Waals surface area (Å²) in [5, 5.41) is 25.5. The van der Waals surface area contributed by atoms with Gasteiger partial charge in [-0.25, -0.2) is 0 Å². The Balaban J connectivity index is 0.000000215. The van der Waals surface area contributed by atoms with Crippen molar-refractivity contribution in [3.8, 4) is 17.6 Å². The maximum absolute atomic E-state index is 12.4. The van der Waals surface area contributed by atoms with Crippen LogP contribution >= 0.6 is 35.6 Å². The first-order valence-electron chi connectivity index (χ1n) is 16.7. The molecular weight excluding hydrogens is 794 g/mol. The Morgan fingerprint density at radius 3 is 1.82 bits per heavy atom. The van der Waals surface area contributed by atoms with Crippen molar-refractivity contribution in [3.63, 3.8) is 0 Å². The van der Waals surface area contributed by atoms with Crippen LogP contribution in [0, 0.1) is 28.6 Å². The molecular formula is C39H35Cl3F3N7O4. The number of carbonyl (C=O) groups excluding carboxylic acids is 2. The number of carbonyl (C=O) groups is 2. The lowest BCUT2D eigenvalue weighted by atomic mass is 9.96. The van der Waals surface area contributed by atoms with Crippen molar-refractivity contribution in [3.05, 3.63) is 118 Å². The fourth-order valence-electron chi connectivity index (χ4n) is 5.84. The van der Waals surface area contributed by atoms with Gasteiger partial charge in [0, 0.05) is 65.3 Å². The summed E-state index contributed by atoms with van der Waals surface area (Å²) in [5.74, 6) is 0.315. The largest absolute Gasteiger partial charge is 0.573 e. The summed E-state index contributed by atoms with van der Waals surface area (Å²) in [7, 11) is 1.60. The van der Waals surface area contributed by atoms with E-state index in [0.29, 0.717) is 59.2 Å². The number of nitrogens with zero attached hydrogens (tertiary/aromatic N) is 5. The molecule has 0 aromatic heterocycles. The summed E-state index contributed by atoms with van der Waals surface area (Å²) in [5.41, 5.74) is 9.65. The monoisotopic (exact) mass is 827 g/mol. The Labute approximate surface area is 337 Å². The molecule has 0 aliphatic carbocycles. The van der Waals surface area contributed by atoms with Crippen LogP contribution < -0.4 is 25.0 Å². The van der Waals surface area contributed by atoms with E-state index in [9.17, 15) is 22.8 Å². The topological polar surface area (TPSA) is 157 Å². The predicted octanol–water partition coefficient (Wildman–Crippen LogP) is 8.46. The van der Waals surface area contributed by atoms with Crippen LogP contribution in [-0.2, 0) is 9.59 Å². The maximum Gasteiger partial charge on any atom is 0.573 e. The molecule has 4 aromatic carbocycles. The minimum absolute atomic E-state index is 0. The third-order valence-electron chi connectivity index (χ3n) is 8.65. The van der Waals surface area contributed by atoms with Crippen molar-refractivity contribution in [2.24, 2.45) is 27.8 Å². The van der Waals surface area contributed by atoms with Crippen LogP contribution in [0.1, 0.15) is 30.4 Å². The number of amidine groups is 1. The second-order valence-electron chi connectivity index (χ2n) is 12.4. The number of nitrogens with one attached hydrogen (secondary N) is 1. The fraction of sp³-hybridized carbons (Fsp3) is 0.231. The van der Waals surface area contributed by atoms with Gasteiger partial charge in [0.15, 0.2) is 0 Å². The van der Waals surface area contributed by atoms with Gasteiger partial charge in [0.2, 0.25) is 11.8 Å². The van der Waals surface area contributed by atoms with E-state index in [1.54, 1.807) is 89.7 Å². The number of alkyl halides is 3. The maximum atomic E-state index is 12.4. The van der Waals surface area contributed by atoms with Gasteiger partial charge in [-0.05, 0) is 103 Å². The molecule has 56 heavy (non-hydrogen) atoms. The van der Waals surface area contributed by atoms with Crippen LogP contribution in [-0.4, -0.2) is 55.6 Å². The number of halogens is 6. The first-order chi connectivity index (χ1) is 26.2. The van der Waals surface area contributed by atoms with E-state index in [4.69, 9.17) is 44.3 Å². The standard InChI is InChI=1S/C20H15ClF3N3O2.C11H9ClN2O.C8H10N2O.ClH/c21-14-3-5-15(6-4-14)27-11-13(9-19(27)28)18-10-17(25-26-18)12-1-7-16(8-2-12)29-20(22,23)24;12-9-1-3-10(4-2-9)14-7-8(6-13)5-11(14)15;1-11-7-4-2-6(3-5-7)8(9)10;/h1-8,13H,9-11H2;1-4,8H,5,7H2;2-5H,1H3,(H3,9,10);1H. The molecule has 3 aliphatic heterocycles. The number of nitrogens with two attached hydrogens (primary N) is 1. The molecule has 2 fully saturated rings. The first kappa shape index (κ1) is 43.1. The number of ether oxygens (including phenoxy) is 2. The molecule has 0 bridgehead atoms. The van der Waals surface area contributed by atoms with Crippen molar-refractivity contribution in [2.75, 3.05) is 30.0 Å². The summed E-state index contributed by atoms with van der Waals surface area (Å²) in [6.45, 7) is 0.984. The summed E-state index contributed by atoms with van der Waals surface area (Å²) in [4.78, 5) is 27.3. The van der Waals surface area contributed by atoms with Crippen molar-refractivity contribution in [1.82, 2.24) is 0 Å². The molecule has 3 N–H and O–H groups in total. The molecule has 7 rings (SSSR count). The zero-order valence-electron chi connectivity index (χ0n) is 29.7. The number of nitrogen functional groups attached to an aromatic ring is 1. The van der Waals surface area contributed by atoms with E-state index in [1.165, 1.54) is 24.3 Å². The van der Waals surface area contributed by atoms with Crippen LogP contribution in [0.5, 0.6) is 11.5 Å². The van der Waals surface area contributed by atoms with Crippen LogP contribution in [0.25, 0.3) is 0 Å². The van der Waals surface area contributed by atoms with Gasteiger partial charge < -0.3 is 25.0 Å². The molecule has 0 spiro atoms. The van der Waals surface area contributed by atoms with Gasteiger partial charge in [0.1, 0.15) is 17.3 Å². The second-order valence-corrected chi connectivity index (χ2v) is 13.3. The summed E-state index contributed by atoms with van der Waals surface area (Å²) >= 11 is 11.7. The molecule has 2 unspecified atom stereocenters. The molecule has 2 amide bonds. The van der Waals surface area contributed by atoms with Gasteiger partial charge in [0.25, 0.3) is 0 Å². The van der Waals surface area contributed by atoms with Gasteiger partial charge in [-0.1, -0.05) is 23.2 Å². The molecule has 292 valence electrons. The van der Waals surface area contributed by atoms with E-state index < -0.39 is 6.36 Å². The van der Waals surface area contributed by atoms with Crippen LogP contribution in [0.2, 0.25) is 10.0 Å². The van der Waals surface area contributed by atoms with Crippen molar-refractivity contribution < 1.29 is 32.2 Å². The number of nitriles is 1. The smallest absolute Gasteiger partial charge is 0.497 e. The highest BCUT2D eigenvalue weighted by atomic mass is 35.5. The number of anilines is 2. The van der Waals surface area contributed by atoms with E-state index in [-0.39, 0.29) is 47.6 Å². The number of amides is 2. The third-order valence-corrected chi connectivity index (χ3v) is 9.15. The normalized spacial score (nSPS) is 17.3. The fourth-order valence-corrected chi connectivity index (χ4v) is 6.09. The molecule has 17 heteroatoms. The lowest BCUT2D eigenvalue weighted by molar-refractivity contribution is -0.274. The second kappa shape index (κ2) is 19.3. The first-order valence-corrected chi connectivity index (χ1v) is 17.5. The Bertz CT molecular complexity index is 2110. The average molecular weight is 829 g/mol. The highest BCUT2D eigenvalue weighted by Crippen LogP contribution is 2.31. The minimum atomic E-state index is -4.73. The highest BCUT2D eigenvalue weighted by molar-refractivity contribution is 6.31. The van der Waals surface area contributed by atoms with Gasteiger partial charge in [-0.3, -0.25) is 15.0 Å². The van der Waals surface area contributed by atoms with Crippen LogP contribution in [0.3, 0.4) is 0 Å². The molecule has 3 aliphatic rings. The molecule has 0 saturated carbocycles. The SMILES string of the molecule is COc1ccc(C(=N)N)cc1.Cl.N#CC1CC(=O)N(c2ccc(Cl)cc2)C1.O=C1CC(C2=NN=C(c3ccc(OC(F)(F)F)cc3)C2)CN1c1ccc(Cl)cc1. The summed E-state index contributed by atoms with van der Waals surface area (Å²) < 4.78 is 45.6. The molecule has 0 radical (unpaired) electrons. The van der Waals surface area contributed by atoms with E-state index in [1.807, 2.05) is 0 Å². The Hall–Kier alpha value is -5.62. The van der Waals surface area contributed by atoms with Gasteiger partial charge in [-0.2, -0.15) is 15.5 Å². The number of benzene rings is 4. The van der Waals surface area contributed by atoms with Gasteiger partial charge in [-0.15, -0.1) is 25.6 Å². The number of hydrogen-bond donors (Lipinski definition) is 2. The van der Waals surface area contributed by atoms with Gasteiger partial charge >= 0.3 is 6.36 Å². The van der Waals surface area contributed by atoms with E-state index in [0.717, 1.165) is 22.8 Å². The Morgan fingerprint density at radius 2 is 1.34 bits per heavy atom. The quantitative estimate of drug-likeness (QED) is 0.141. The molecule has 3 heterocycles.